The summed E-state index contributed by atoms with van der Waals surface area (Å²) in [6, 6.07) is 0.110. The third kappa shape index (κ3) is 7.77. The molecule has 4 heteroatoms. The van der Waals surface area contributed by atoms with Crippen LogP contribution in [0.2, 0.25) is 0 Å². The van der Waals surface area contributed by atoms with Crippen molar-refractivity contribution in [1.82, 2.24) is 10.2 Å². The van der Waals surface area contributed by atoms with Crippen molar-refractivity contribution in [2.24, 2.45) is 5.41 Å². The summed E-state index contributed by atoms with van der Waals surface area (Å²) >= 11 is 0. The quantitative estimate of drug-likeness (QED) is 0.799. The van der Waals surface area contributed by atoms with Gasteiger partial charge in [-0.15, -0.1) is 0 Å². The van der Waals surface area contributed by atoms with Crippen molar-refractivity contribution in [1.29, 1.82) is 0 Å². The van der Waals surface area contributed by atoms with Crippen molar-refractivity contribution in [2.45, 2.75) is 54.0 Å². The van der Waals surface area contributed by atoms with Gasteiger partial charge in [-0.05, 0) is 26.2 Å². The maximum Gasteiger partial charge on any atom is 0.239 e. The molecule has 2 amide bonds. The van der Waals surface area contributed by atoms with Crippen LogP contribution in [0.3, 0.4) is 0 Å². The molecule has 0 bridgehead atoms. The van der Waals surface area contributed by atoms with Crippen LogP contribution in [0.15, 0.2) is 0 Å². The minimum absolute atomic E-state index is 0.0407. The van der Waals surface area contributed by atoms with Crippen molar-refractivity contribution in [3.05, 3.63) is 0 Å². The van der Waals surface area contributed by atoms with Crippen LogP contribution in [0.4, 0.5) is 0 Å². The van der Waals surface area contributed by atoms with E-state index in [1.165, 1.54) is 0 Å². The SMILES string of the molecule is CCN(CC(=O)NC(C)C)C(=O)CC(C)(C)C. The van der Waals surface area contributed by atoms with Gasteiger partial charge in [-0.3, -0.25) is 9.59 Å². The molecule has 0 saturated carbocycles. The molecule has 4 nitrogen and oxygen atoms in total. The van der Waals surface area contributed by atoms with Crippen molar-refractivity contribution >= 4 is 11.8 Å². The summed E-state index contributed by atoms with van der Waals surface area (Å²) < 4.78 is 0. The van der Waals surface area contributed by atoms with Gasteiger partial charge in [0.1, 0.15) is 0 Å². The second kappa shape index (κ2) is 6.62. The number of hydrogen-bond acceptors (Lipinski definition) is 2. The monoisotopic (exact) mass is 242 g/mol. The topological polar surface area (TPSA) is 49.4 Å². The van der Waals surface area contributed by atoms with Crippen molar-refractivity contribution < 1.29 is 9.59 Å². The van der Waals surface area contributed by atoms with Gasteiger partial charge in [0.2, 0.25) is 11.8 Å². The fourth-order valence-corrected chi connectivity index (χ4v) is 1.48. The van der Waals surface area contributed by atoms with Crippen molar-refractivity contribution in [3.63, 3.8) is 0 Å². The van der Waals surface area contributed by atoms with Crippen LogP contribution < -0.4 is 5.32 Å². The number of carbonyl (C=O) groups excluding carboxylic acids is 2. The standard InChI is InChI=1S/C13H26N2O2/c1-7-15(9-11(16)14-10(2)3)12(17)8-13(4,5)6/h10H,7-9H2,1-6H3,(H,14,16). The van der Waals surface area contributed by atoms with Gasteiger partial charge < -0.3 is 10.2 Å². The predicted molar refractivity (Wildman–Crippen MR) is 69.6 cm³/mol. The van der Waals surface area contributed by atoms with Gasteiger partial charge in [-0.1, -0.05) is 20.8 Å². The first-order valence-electron chi connectivity index (χ1n) is 6.23. The maximum absolute atomic E-state index is 12.0. The van der Waals surface area contributed by atoms with E-state index >= 15 is 0 Å². The molecule has 0 fully saturated rings. The molecule has 0 aromatic rings. The Morgan fingerprint density at radius 2 is 1.76 bits per heavy atom. The molecule has 0 aliphatic rings. The highest BCUT2D eigenvalue weighted by molar-refractivity contribution is 5.85. The normalized spacial score (nSPS) is 11.5. The average molecular weight is 242 g/mol. The molecule has 0 spiro atoms. The average Bonchev–Trinajstić information content (AvgIpc) is 2.09. The maximum atomic E-state index is 12.0. The molecule has 0 atom stereocenters. The minimum atomic E-state index is -0.0934. The number of rotatable bonds is 5. The molecule has 0 heterocycles. The van der Waals surface area contributed by atoms with Gasteiger partial charge in [0.25, 0.3) is 0 Å². The predicted octanol–water partition coefficient (Wildman–Crippen LogP) is 1.80. The zero-order valence-electron chi connectivity index (χ0n) is 12.0. The molecule has 0 aromatic heterocycles. The van der Waals surface area contributed by atoms with Gasteiger partial charge in [-0.25, -0.2) is 0 Å². The summed E-state index contributed by atoms with van der Waals surface area (Å²) in [4.78, 5) is 25.1. The lowest BCUT2D eigenvalue weighted by Crippen LogP contribution is -2.43. The van der Waals surface area contributed by atoms with E-state index in [1.807, 2.05) is 41.5 Å². The lowest BCUT2D eigenvalue weighted by Gasteiger charge is -2.25. The van der Waals surface area contributed by atoms with E-state index in [9.17, 15) is 9.59 Å². The van der Waals surface area contributed by atoms with Crippen molar-refractivity contribution in [2.75, 3.05) is 13.1 Å². The third-order valence-electron chi connectivity index (χ3n) is 2.20. The van der Waals surface area contributed by atoms with Crippen LogP contribution in [0.25, 0.3) is 0 Å². The molecule has 0 aliphatic carbocycles. The summed E-state index contributed by atoms with van der Waals surface area (Å²) in [5.41, 5.74) is -0.0426. The fraction of sp³-hybridized carbons (Fsp3) is 0.846. The van der Waals surface area contributed by atoms with E-state index < -0.39 is 0 Å². The first-order chi connectivity index (χ1) is 7.65. The van der Waals surface area contributed by atoms with Gasteiger partial charge in [-0.2, -0.15) is 0 Å². The highest BCUT2D eigenvalue weighted by atomic mass is 16.2. The number of carbonyl (C=O) groups is 2. The number of nitrogens with one attached hydrogen (secondary N) is 1. The Bertz CT molecular complexity index is 267. The largest absolute Gasteiger partial charge is 0.352 e. The van der Waals surface area contributed by atoms with Gasteiger partial charge in [0.05, 0.1) is 6.54 Å². The summed E-state index contributed by atoms with van der Waals surface area (Å²) in [5, 5.41) is 2.79. The van der Waals surface area contributed by atoms with E-state index in [1.54, 1.807) is 4.90 Å². The molecule has 100 valence electrons. The Balaban J connectivity index is 4.33. The summed E-state index contributed by atoms with van der Waals surface area (Å²) in [5.74, 6) is -0.0528. The van der Waals surface area contributed by atoms with Crippen LogP contribution >= 0.6 is 0 Å². The summed E-state index contributed by atoms with van der Waals surface area (Å²) in [6.07, 6.45) is 0.468. The summed E-state index contributed by atoms with van der Waals surface area (Å²) in [7, 11) is 0. The Labute approximate surface area is 105 Å². The molecule has 0 aliphatic heterocycles. The second-order valence-corrected chi connectivity index (χ2v) is 5.87. The van der Waals surface area contributed by atoms with E-state index in [-0.39, 0.29) is 29.8 Å². The zero-order valence-corrected chi connectivity index (χ0v) is 12.0. The Hall–Kier alpha value is -1.06. The first-order valence-corrected chi connectivity index (χ1v) is 6.23. The molecular weight excluding hydrogens is 216 g/mol. The molecule has 17 heavy (non-hydrogen) atoms. The second-order valence-electron chi connectivity index (χ2n) is 5.87. The number of hydrogen-bond donors (Lipinski definition) is 1. The molecule has 0 rings (SSSR count). The van der Waals surface area contributed by atoms with Crippen LogP contribution in [0.5, 0.6) is 0 Å². The number of amides is 2. The third-order valence-corrected chi connectivity index (χ3v) is 2.20. The minimum Gasteiger partial charge on any atom is -0.352 e. The molecule has 0 saturated heterocycles. The van der Waals surface area contributed by atoms with Crippen molar-refractivity contribution in [3.8, 4) is 0 Å². The van der Waals surface area contributed by atoms with Gasteiger partial charge in [0.15, 0.2) is 0 Å². The van der Waals surface area contributed by atoms with E-state index in [2.05, 4.69) is 5.32 Å². The highest BCUT2D eigenvalue weighted by Crippen LogP contribution is 2.19. The van der Waals surface area contributed by atoms with E-state index in [0.29, 0.717) is 13.0 Å². The van der Waals surface area contributed by atoms with Gasteiger partial charge >= 0.3 is 0 Å². The smallest absolute Gasteiger partial charge is 0.239 e. The fourth-order valence-electron chi connectivity index (χ4n) is 1.48. The molecule has 0 radical (unpaired) electrons. The van der Waals surface area contributed by atoms with Crippen LogP contribution in [0, 0.1) is 5.41 Å². The highest BCUT2D eigenvalue weighted by Gasteiger charge is 2.21. The van der Waals surface area contributed by atoms with Gasteiger partial charge in [0, 0.05) is 19.0 Å². The van der Waals surface area contributed by atoms with Crippen LogP contribution in [0.1, 0.15) is 48.0 Å². The number of likely N-dealkylation sites (N-methyl/N-ethyl adjacent to an activating group) is 1. The lowest BCUT2D eigenvalue weighted by atomic mass is 9.91. The molecular formula is C13H26N2O2. The molecule has 0 unspecified atom stereocenters. The van der Waals surface area contributed by atoms with E-state index in [4.69, 9.17) is 0 Å². The Kier molecular flexibility index (Phi) is 6.21. The summed E-state index contributed by atoms with van der Waals surface area (Å²) in [6.45, 7) is 12.5. The lowest BCUT2D eigenvalue weighted by molar-refractivity contribution is -0.137. The molecule has 0 aromatic carbocycles. The zero-order chi connectivity index (χ0) is 13.6. The van der Waals surface area contributed by atoms with Crippen LogP contribution in [-0.2, 0) is 9.59 Å². The Morgan fingerprint density at radius 1 is 1.24 bits per heavy atom. The first kappa shape index (κ1) is 15.9. The Morgan fingerprint density at radius 3 is 2.12 bits per heavy atom. The van der Waals surface area contributed by atoms with E-state index in [0.717, 1.165) is 0 Å². The number of nitrogens with zero attached hydrogens (tertiary/aromatic N) is 1. The molecule has 1 N–H and O–H groups in total. The van der Waals surface area contributed by atoms with Crippen LogP contribution in [-0.4, -0.2) is 35.8 Å².